The molecular formula is C12H13ClN2OS. The maximum Gasteiger partial charge on any atom is 0.218 e. The van der Waals surface area contributed by atoms with E-state index in [1.807, 2.05) is 31.4 Å². The van der Waals surface area contributed by atoms with Gasteiger partial charge in [0.05, 0.1) is 0 Å². The maximum absolute atomic E-state index is 5.93. The van der Waals surface area contributed by atoms with Crippen LogP contribution in [0.3, 0.4) is 0 Å². The van der Waals surface area contributed by atoms with Gasteiger partial charge in [-0.2, -0.15) is 4.98 Å². The van der Waals surface area contributed by atoms with E-state index in [1.54, 1.807) is 17.4 Å². The van der Waals surface area contributed by atoms with Gasteiger partial charge in [-0.25, -0.2) is 4.98 Å². The monoisotopic (exact) mass is 268 g/mol. The van der Waals surface area contributed by atoms with Gasteiger partial charge in [0.15, 0.2) is 0 Å². The summed E-state index contributed by atoms with van der Waals surface area (Å²) in [5, 5.41) is 2.44. The summed E-state index contributed by atoms with van der Waals surface area (Å²) in [5.41, 5.74) is 0. The highest BCUT2D eigenvalue weighted by Crippen LogP contribution is 2.20. The normalized spacial score (nSPS) is 10.8. The second kappa shape index (κ2) is 5.47. The molecule has 2 aromatic heterocycles. The van der Waals surface area contributed by atoms with Crippen LogP contribution in [0.1, 0.15) is 30.5 Å². The van der Waals surface area contributed by atoms with Crippen molar-refractivity contribution in [2.24, 2.45) is 0 Å². The molecule has 0 aliphatic heterocycles. The van der Waals surface area contributed by atoms with Gasteiger partial charge in [0, 0.05) is 16.9 Å². The summed E-state index contributed by atoms with van der Waals surface area (Å²) < 4.78 is 5.60. The number of rotatable bonds is 4. The fourth-order valence-corrected chi connectivity index (χ4v) is 2.08. The maximum atomic E-state index is 5.93. The van der Waals surface area contributed by atoms with Crippen molar-refractivity contribution in [1.29, 1.82) is 0 Å². The molecule has 0 N–H and O–H groups in total. The SMILES string of the molecule is CC(C)c1nc(Cl)cc(OCc2cccs2)n1. The molecule has 90 valence electrons. The third-order valence-corrected chi connectivity index (χ3v) is 3.19. The van der Waals surface area contributed by atoms with Crippen molar-refractivity contribution in [2.75, 3.05) is 0 Å². The van der Waals surface area contributed by atoms with Gasteiger partial charge >= 0.3 is 0 Å². The number of nitrogens with zero attached hydrogens (tertiary/aromatic N) is 2. The predicted molar refractivity (Wildman–Crippen MR) is 69.8 cm³/mol. The quantitative estimate of drug-likeness (QED) is 0.789. The molecule has 0 saturated carbocycles. The molecule has 0 fully saturated rings. The molecule has 0 radical (unpaired) electrons. The summed E-state index contributed by atoms with van der Waals surface area (Å²) >= 11 is 7.58. The van der Waals surface area contributed by atoms with E-state index in [1.165, 1.54) is 0 Å². The third kappa shape index (κ3) is 3.41. The average molecular weight is 269 g/mol. The third-order valence-electron chi connectivity index (χ3n) is 2.15. The number of ether oxygens (including phenoxy) is 1. The Morgan fingerprint density at radius 2 is 2.24 bits per heavy atom. The van der Waals surface area contributed by atoms with Crippen LogP contribution in [0.25, 0.3) is 0 Å². The molecule has 0 spiro atoms. The molecule has 5 heteroatoms. The zero-order chi connectivity index (χ0) is 12.3. The van der Waals surface area contributed by atoms with Crippen LogP contribution in [-0.2, 0) is 6.61 Å². The van der Waals surface area contributed by atoms with E-state index in [2.05, 4.69) is 9.97 Å². The Labute approximate surface area is 109 Å². The molecule has 0 amide bonds. The molecule has 3 nitrogen and oxygen atoms in total. The summed E-state index contributed by atoms with van der Waals surface area (Å²) in [7, 11) is 0. The van der Waals surface area contributed by atoms with Gasteiger partial charge in [-0.1, -0.05) is 31.5 Å². The van der Waals surface area contributed by atoms with E-state index in [0.29, 0.717) is 23.5 Å². The Morgan fingerprint density at radius 1 is 1.41 bits per heavy atom. The first kappa shape index (κ1) is 12.3. The largest absolute Gasteiger partial charge is 0.472 e. The molecule has 0 saturated heterocycles. The zero-order valence-electron chi connectivity index (χ0n) is 9.68. The van der Waals surface area contributed by atoms with Crippen LogP contribution in [0.5, 0.6) is 5.88 Å². The second-order valence-corrected chi connectivity index (χ2v) is 5.33. The van der Waals surface area contributed by atoms with Gasteiger partial charge < -0.3 is 4.74 Å². The Kier molecular flexibility index (Phi) is 3.97. The lowest BCUT2D eigenvalue weighted by atomic mass is 10.2. The van der Waals surface area contributed by atoms with Gasteiger partial charge in [0.2, 0.25) is 5.88 Å². The first-order valence-electron chi connectivity index (χ1n) is 5.35. The Balaban J connectivity index is 2.10. The molecule has 0 aromatic carbocycles. The minimum absolute atomic E-state index is 0.234. The fourth-order valence-electron chi connectivity index (χ4n) is 1.29. The Hall–Kier alpha value is -1.13. The predicted octanol–water partition coefficient (Wildman–Crippen LogP) is 3.89. The average Bonchev–Trinajstić information content (AvgIpc) is 2.78. The minimum atomic E-state index is 0.234. The molecule has 2 rings (SSSR count). The molecule has 2 aromatic rings. The van der Waals surface area contributed by atoms with E-state index in [9.17, 15) is 0 Å². The first-order valence-corrected chi connectivity index (χ1v) is 6.60. The van der Waals surface area contributed by atoms with Crippen molar-refractivity contribution in [2.45, 2.75) is 26.4 Å². The molecule has 0 bridgehead atoms. The van der Waals surface area contributed by atoms with Gasteiger partial charge in [0.1, 0.15) is 17.6 Å². The van der Waals surface area contributed by atoms with Gasteiger partial charge in [0.25, 0.3) is 0 Å². The molecule has 0 unspecified atom stereocenters. The van der Waals surface area contributed by atoms with Crippen molar-refractivity contribution in [1.82, 2.24) is 9.97 Å². The van der Waals surface area contributed by atoms with Crippen LogP contribution < -0.4 is 4.74 Å². The Bertz CT molecular complexity index is 485. The lowest BCUT2D eigenvalue weighted by Gasteiger charge is -2.08. The minimum Gasteiger partial charge on any atom is -0.472 e. The smallest absolute Gasteiger partial charge is 0.218 e. The van der Waals surface area contributed by atoms with Gasteiger partial charge in [-0.15, -0.1) is 11.3 Å². The van der Waals surface area contributed by atoms with Gasteiger partial charge in [-0.3, -0.25) is 0 Å². The number of aromatic nitrogens is 2. The molecular weight excluding hydrogens is 256 g/mol. The second-order valence-electron chi connectivity index (χ2n) is 3.91. The van der Waals surface area contributed by atoms with Crippen molar-refractivity contribution in [3.63, 3.8) is 0 Å². The molecule has 0 atom stereocenters. The summed E-state index contributed by atoms with van der Waals surface area (Å²) in [6.07, 6.45) is 0. The van der Waals surface area contributed by atoms with E-state index in [4.69, 9.17) is 16.3 Å². The fraction of sp³-hybridized carbons (Fsp3) is 0.333. The zero-order valence-corrected chi connectivity index (χ0v) is 11.3. The van der Waals surface area contributed by atoms with Crippen molar-refractivity contribution in [3.05, 3.63) is 39.4 Å². The lowest BCUT2D eigenvalue weighted by Crippen LogP contribution is -2.02. The standard InChI is InChI=1S/C12H13ClN2OS/c1-8(2)12-14-10(13)6-11(15-12)16-7-9-4-3-5-17-9/h3-6,8H,7H2,1-2H3. The van der Waals surface area contributed by atoms with Crippen LogP contribution in [0.4, 0.5) is 0 Å². The number of hydrogen-bond donors (Lipinski definition) is 0. The summed E-state index contributed by atoms with van der Waals surface area (Å²) in [5.74, 6) is 1.47. The Morgan fingerprint density at radius 3 is 2.88 bits per heavy atom. The van der Waals surface area contributed by atoms with E-state index in [0.717, 1.165) is 4.88 Å². The van der Waals surface area contributed by atoms with Gasteiger partial charge in [-0.05, 0) is 11.4 Å². The van der Waals surface area contributed by atoms with Crippen molar-refractivity contribution >= 4 is 22.9 Å². The highest BCUT2D eigenvalue weighted by atomic mass is 35.5. The highest BCUT2D eigenvalue weighted by Gasteiger charge is 2.08. The highest BCUT2D eigenvalue weighted by molar-refractivity contribution is 7.09. The van der Waals surface area contributed by atoms with E-state index >= 15 is 0 Å². The molecule has 17 heavy (non-hydrogen) atoms. The number of halogens is 1. The lowest BCUT2D eigenvalue weighted by molar-refractivity contribution is 0.295. The number of thiophene rings is 1. The number of hydrogen-bond acceptors (Lipinski definition) is 4. The summed E-state index contributed by atoms with van der Waals surface area (Å²) in [6.45, 7) is 4.56. The van der Waals surface area contributed by atoms with Crippen LogP contribution in [-0.4, -0.2) is 9.97 Å². The molecule has 2 heterocycles. The molecule has 0 aliphatic carbocycles. The summed E-state index contributed by atoms with van der Waals surface area (Å²) in [4.78, 5) is 9.63. The van der Waals surface area contributed by atoms with Crippen molar-refractivity contribution in [3.8, 4) is 5.88 Å². The molecule has 0 aliphatic rings. The van der Waals surface area contributed by atoms with E-state index < -0.39 is 0 Å². The van der Waals surface area contributed by atoms with Crippen LogP contribution in [0, 0.1) is 0 Å². The van der Waals surface area contributed by atoms with Crippen LogP contribution in [0.15, 0.2) is 23.6 Å². The summed E-state index contributed by atoms with van der Waals surface area (Å²) in [6, 6.07) is 5.66. The van der Waals surface area contributed by atoms with Crippen LogP contribution in [0.2, 0.25) is 5.15 Å². The van der Waals surface area contributed by atoms with Crippen LogP contribution >= 0.6 is 22.9 Å². The topological polar surface area (TPSA) is 35.0 Å². The van der Waals surface area contributed by atoms with E-state index in [-0.39, 0.29) is 5.92 Å². The van der Waals surface area contributed by atoms with Crippen molar-refractivity contribution < 1.29 is 4.74 Å². The first-order chi connectivity index (χ1) is 8.15.